The maximum Gasteiger partial charge on any atom is 0.260 e. The third-order valence-electron chi connectivity index (χ3n) is 1.69. The highest BCUT2D eigenvalue weighted by Crippen LogP contribution is 2.05. The molecule has 0 unspecified atom stereocenters. The van der Waals surface area contributed by atoms with Gasteiger partial charge in [0.1, 0.15) is 0 Å². The van der Waals surface area contributed by atoms with Crippen LogP contribution in [0.3, 0.4) is 0 Å². The first-order chi connectivity index (χ1) is 7.36. The third kappa shape index (κ3) is 2.27. The molecule has 2 heterocycles. The Morgan fingerprint density at radius 3 is 2.67 bits per heavy atom. The van der Waals surface area contributed by atoms with Crippen molar-refractivity contribution in [2.75, 3.05) is 5.73 Å². The lowest BCUT2D eigenvalue weighted by Gasteiger charge is -1.81. The van der Waals surface area contributed by atoms with Crippen LogP contribution in [0.15, 0.2) is 30.6 Å². The van der Waals surface area contributed by atoms with Crippen LogP contribution < -0.4 is 5.73 Å². The van der Waals surface area contributed by atoms with Crippen LogP contribution in [0.2, 0.25) is 0 Å². The molecular weight excluding hydrogens is 194 g/mol. The normalized spacial score (nSPS) is 9.60. The van der Waals surface area contributed by atoms with E-state index in [0.29, 0.717) is 0 Å². The van der Waals surface area contributed by atoms with Crippen LogP contribution in [0.4, 0.5) is 5.95 Å². The summed E-state index contributed by atoms with van der Waals surface area (Å²) in [7, 11) is 0. The highest BCUT2D eigenvalue weighted by molar-refractivity contribution is 5.73. The van der Waals surface area contributed by atoms with Crippen LogP contribution in [0, 0.1) is 0 Å². The Kier molecular flexibility index (Phi) is 2.54. The van der Waals surface area contributed by atoms with E-state index in [2.05, 4.69) is 30.6 Å². The van der Waals surface area contributed by atoms with Crippen molar-refractivity contribution >= 4 is 17.0 Å². The molecule has 0 radical (unpaired) electrons. The number of rotatable bonds is 0. The number of nitrogens with one attached hydrogen (secondary N) is 2. The van der Waals surface area contributed by atoms with Gasteiger partial charge in [0.25, 0.3) is 5.95 Å². The molecule has 0 aliphatic rings. The average Bonchev–Trinajstić information content (AvgIpc) is 2.88. The number of aromatic amines is 2. The molecule has 4 N–H and O–H groups in total. The quantitative estimate of drug-likeness (QED) is 0.488. The number of para-hydroxylation sites is 2. The monoisotopic (exact) mass is 203 g/mol. The Labute approximate surface area is 84.7 Å². The van der Waals surface area contributed by atoms with E-state index in [4.69, 9.17) is 5.73 Å². The van der Waals surface area contributed by atoms with Crippen molar-refractivity contribution in [2.45, 2.75) is 0 Å². The molecule has 7 heteroatoms. The topological polar surface area (TPSA) is 109 Å². The fraction of sp³-hybridized carbons (Fsp3) is 0. The minimum Gasteiger partial charge on any atom is -0.365 e. The van der Waals surface area contributed by atoms with Crippen LogP contribution >= 0.6 is 0 Å². The summed E-state index contributed by atoms with van der Waals surface area (Å²) in [6.07, 6.45) is 1.70. The molecule has 76 valence electrons. The van der Waals surface area contributed by atoms with Crippen molar-refractivity contribution < 1.29 is 0 Å². The standard InChI is InChI=1S/C7H6N2.CH3N5/c1-2-4-7-6(3-1)8-5-9-7;2-1-3-5-6-4-1/h1-5H,(H,8,9);(H3,2,3,4,5,6). The molecule has 0 fully saturated rings. The second kappa shape index (κ2) is 4.18. The van der Waals surface area contributed by atoms with Crippen molar-refractivity contribution in [2.24, 2.45) is 0 Å². The Morgan fingerprint density at radius 2 is 2.07 bits per heavy atom. The van der Waals surface area contributed by atoms with Gasteiger partial charge in [-0.05, 0) is 17.3 Å². The number of anilines is 1. The predicted molar refractivity (Wildman–Crippen MR) is 54.7 cm³/mol. The molecule has 15 heavy (non-hydrogen) atoms. The van der Waals surface area contributed by atoms with Crippen LogP contribution in [0.5, 0.6) is 0 Å². The maximum atomic E-state index is 4.96. The second-order valence-electron chi connectivity index (χ2n) is 2.69. The zero-order valence-electron chi connectivity index (χ0n) is 7.75. The van der Waals surface area contributed by atoms with E-state index in [-0.39, 0.29) is 5.95 Å². The summed E-state index contributed by atoms with van der Waals surface area (Å²) < 4.78 is 0. The minimum absolute atomic E-state index is 0.176. The van der Waals surface area contributed by atoms with Gasteiger partial charge >= 0.3 is 0 Å². The second-order valence-corrected chi connectivity index (χ2v) is 2.69. The summed E-state index contributed by atoms with van der Waals surface area (Å²) >= 11 is 0. The first-order valence-electron chi connectivity index (χ1n) is 4.23. The van der Waals surface area contributed by atoms with Crippen molar-refractivity contribution in [1.82, 2.24) is 30.6 Å². The van der Waals surface area contributed by atoms with Gasteiger partial charge in [-0.15, -0.1) is 5.10 Å². The first-order valence-corrected chi connectivity index (χ1v) is 4.23. The van der Waals surface area contributed by atoms with Gasteiger partial charge in [0, 0.05) is 0 Å². The number of benzene rings is 1. The van der Waals surface area contributed by atoms with Gasteiger partial charge in [-0.2, -0.15) is 5.21 Å². The third-order valence-corrected chi connectivity index (χ3v) is 1.69. The van der Waals surface area contributed by atoms with Gasteiger partial charge in [0.05, 0.1) is 17.4 Å². The highest BCUT2D eigenvalue weighted by Gasteiger charge is 1.88. The molecule has 0 saturated carbocycles. The minimum atomic E-state index is 0.176. The van der Waals surface area contributed by atoms with Crippen molar-refractivity contribution in [3.8, 4) is 0 Å². The van der Waals surface area contributed by atoms with E-state index in [1.54, 1.807) is 6.33 Å². The van der Waals surface area contributed by atoms with Crippen LogP contribution in [-0.2, 0) is 0 Å². The summed E-state index contributed by atoms with van der Waals surface area (Å²) in [5, 5.41) is 12.0. The van der Waals surface area contributed by atoms with Crippen molar-refractivity contribution in [3.05, 3.63) is 30.6 Å². The zero-order chi connectivity index (χ0) is 10.5. The number of H-pyrrole nitrogens is 2. The Balaban J connectivity index is 0.000000124. The number of fused-ring (bicyclic) bond motifs is 1. The molecule has 0 aliphatic heterocycles. The summed E-state index contributed by atoms with van der Waals surface area (Å²) in [5.74, 6) is 0.176. The van der Waals surface area contributed by atoms with Crippen LogP contribution in [0.1, 0.15) is 0 Å². The zero-order valence-corrected chi connectivity index (χ0v) is 7.75. The predicted octanol–water partition coefficient (Wildman–Crippen LogP) is 0.345. The number of nitrogen functional groups attached to an aromatic ring is 1. The van der Waals surface area contributed by atoms with E-state index in [0.717, 1.165) is 11.0 Å². The molecule has 0 amide bonds. The summed E-state index contributed by atoms with van der Waals surface area (Å²) in [4.78, 5) is 7.07. The number of hydrogen-bond donors (Lipinski definition) is 3. The van der Waals surface area contributed by atoms with Gasteiger partial charge in [-0.3, -0.25) is 0 Å². The molecule has 0 atom stereocenters. The summed E-state index contributed by atoms with van der Waals surface area (Å²) in [6.45, 7) is 0. The van der Waals surface area contributed by atoms with E-state index >= 15 is 0 Å². The molecule has 0 aliphatic carbocycles. The molecule has 0 bridgehead atoms. The molecular formula is C8H9N7. The number of imidazole rings is 1. The maximum absolute atomic E-state index is 4.96. The number of aromatic nitrogens is 6. The lowest BCUT2D eigenvalue weighted by atomic mass is 10.3. The number of nitrogens with zero attached hydrogens (tertiary/aromatic N) is 4. The number of tetrazole rings is 1. The largest absolute Gasteiger partial charge is 0.365 e. The van der Waals surface area contributed by atoms with Crippen LogP contribution in [-0.4, -0.2) is 30.6 Å². The lowest BCUT2D eigenvalue weighted by Crippen LogP contribution is -1.84. The molecule has 0 spiro atoms. The van der Waals surface area contributed by atoms with E-state index in [1.165, 1.54) is 0 Å². The molecule has 2 aromatic heterocycles. The fourth-order valence-corrected chi connectivity index (χ4v) is 1.05. The first kappa shape index (κ1) is 9.13. The van der Waals surface area contributed by atoms with Crippen molar-refractivity contribution in [1.29, 1.82) is 0 Å². The molecule has 3 rings (SSSR count). The molecule has 7 nitrogen and oxygen atoms in total. The van der Waals surface area contributed by atoms with Gasteiger partial charge in [0.2, 0.25) is 0 Å². The lowest BCUT2D eigenvalue weighted by molar-refractivity contribution is 0.881. The number of nitrogens with two attached hydrogens (primary N) is 1. The molecule has 0 saturated heterocycles. The molecule has 3 aromatic rings. The Morgan fingerprint density at radius 1 is 1.20 bits per heavy atom. The SMILES string of the molecule is Nc1nn[nH]n1.c1ccc2[nH]cnc2c1. The van der Waals surface area contributed by atoms with E-state index in [9.17, 15) is 0 Å². The summed E-state index contributed by atoms with van der Waals surface area (Å²) in [5.41, 5.74) is 7.08. The van der Waals surface area contributed by atoms with Crippen LogP contribution in [0.25, 0.3) is 11.0 Å². The molecule has 1 aromatic carbocycles. The van der Waals surface area contributed by atoms with Gasteiger partial charge in [-0.25, -0.2) is 4.98 Å². The average molecular weight is 203 g/mol. The van der Waals surface area contributed by atoms with Gasteiger partial charge in [0.15, 0.2) is 0 Å². The fourth-order valence-electron chi connectivity index (χ4n) is 1.05. The summed E-state index contributed by atoms with van der Waals surface area (Å²) in [6, 6.07) is 7.94. The number of hydrogen-bond acceptors (Lipinski definition) is 5. The smallest absolute Gasteiger partial charge is 0.260 e. The van der Waals surface area contributed by atoms with E-state index in [1.807, 2.05) is 24.3 Å². The Bertz CT molecular complexity index is 482. The highest BCUT2D eigenvalue weighted by atomic mass is 15.5. The van der Waals surface area contributed by atoms with Gasteiger partial charge in [-0.1, -0.05) is 17.2 Å². The van der Waals surface area contributed by atoms with Gasteiger partial charge < -0.3 is 10.7 Å². The van der Waals surface area contributed by atoms with E-state index < -0.39 is 0 Å². The van der Waals surface area contributed by atoms with Crippen molar-refractivity contribution in [3.63, 3.8) is 0 Å². The Hall–Kier alpha value is -2.44.